The van der Waals surface area contributed by atoms with E-state index >= 15 is 0 Å². The molecule has 4 aliphatic heterocycles. The number of aliphatic hydroxyl groups excluding tert-OH is 2. The van der Waals surface area contributed by atoms with Gasteiger partial charge in [0.2, 0.25) is 12.6 Å². The maximum Gasteiger partial charge on any atom is 0.310 e. The van der Waals surface area contributed by atoms with Crippen LogP contribution in [-0.2, 0) is 42.8 Å². The standard InChI is InChI=1S/C28H28O13/c1-10-35-8-19-26(39-10)23(31)24(32)28(40-19)41-25-13-6-17-16(37-9-38-17)5-12(13)20(21-14(25)7-36-27(21)33)11-3-15(29)22(30)18(4-11)34-2/h3-6,10,14,19-21,23-26,28,31-32H,7-9H2,1-2H3/t10?,14?,19?,20?,21-,23?,24?,25?,26-,28+/m1/s1. The molecule has 0 saturated carbocycles. The van der Waals surface area contributed by atoms with Gasteiger partial charge < -0.3 is 48.1 Å². The summed E-state index contributed by atoms with van der Waals surface area (Å²) >= 11 is 0. The van der Waals surface area contributed by atoms with E-state index in [4.69, 9.17) is 37.9 Å². The Bertz CT molecular complexity index is 1360. The van der Waals surface area contributed by atoms with Crippen LogP contribution in [0.3, 0.4) is 0 Å². The second-order valence-corrected chi connectivity index (χ2v) is 10.8. The Labute approximate surface area is 233 Å². The molecule has 4 heterocycles. The van der Waals surface area contributed by atoms with E-state index in [1.807, 2.05) is 0 Å². The number of rotatable bonds is 4. The average Bonchev–Trinajstić information content (AvgIpc) is 3.58. The summed E-state index contributed by atoms with van der Waals surface area (Å²) in [6, 6.07) is 3.45. The second-order valence-electron chi connectivity index (χ2n) is 10.8. The lowest BCUT2D eigenvalue weighted by atomic mass is 9.65. The molecule has 218 valence electrons. The molecular formula is C28H28O13. The Morgan fingerprint density at radius 1 is 0.927 bits per heavy atom. The third-order valence-electron chi connectivity index (χ3n) is 8.51. The summed E-state index contributed by atoms with van der Waals surface area (Å²) in [6.07, 6.45) is -4.35. The molecule has 1 aromatic carbocycles. The van der Waals surface area contributed by atoms with Crippen molar-refractivity contribution in [1.82, 2.24) is 0 Å². The number of ketones is 2. The van der Waals surface area contributed by atoms with Crippen molar-refractivity contribution < 1.29 is 62.5 Å². The van der Waals surface area contributed by atoms with Gasteiger partial charge in [-0.1, -0.05) is 0 Å². The highest BCUT2D eigenvalue weighted by Gasteiger charge is 2.56. The molecule has 13 nitrogen and oxygen atoms in total. The van der Waals surface area contributed by atoms with E-state index in [0.717, 1.165) is 0 Å². The van der Waals surface area contributed by atoms with Gasteiger partial charge >= 0.3 is 5.97 Å². The normalized spacial score (nSPS) is 39.3. The number of hydrogen-bond acceptors (Lipinski definition) is 13. The SMILES string of the molecule is COC1=CC(C2c3cc4c(cc3C(O[C@@H]3OC5COC(C)O[C@H]5C(O)C3O)C3COC(=O)[C@@H]23)OCO4)=CC(=O)C1=O. The van der Waals surface area contributed by atoms with Crippen LogP contribution in [0.1, 0.15) is 30.1 Å². The van der Waals surface area contributed by atoms with Crippen LogP contribution in [-0.4, -0.2) is 91.9 Å². The number of esters is 1. The quantitative estimate of drug-likeness (QED) is 0.285. The van der Waals surface area contributed by atoms with E-state index in [9.17, 15) is 24.6 Å². The average molecular weight is 573 g/mol. The molecule has 10 atom stereocenters. The van der Waals surface area contributed by atoms with Gasteiger partial charge in [0.25, 0.3) is 5.78 Å². The molecule has 3 saturated heterocycles. The van der Waals surface area contributed by atoms with Gasteiger partial charge in [-0.2, -0.15) is 0 Å². The summed E-state index contributed by atoms with van der Waals surface area (Å²) in [4.78, 5) is 38.2. The number of methoxy groups -OCH3 is 1. The van der Waals surface area contributed by atoms with Crippen molar-refractivity contribution in [1.29, 1.82) is 0 Å². The molecule has 0 aromatic heterocycles. The van der Waals surface area contributed by atoms with Crippen LogP contribution < -0.4 is 9.47 Å². The van der Waals surface area contributed by atoms with Crippen LogP contribution in [0, 0.1) is 11.8 Å². The molecule has 6 aliphatic rings. The van der Waals surface area contributed by atoms with Gasteiger partial charge in [-0.3, -0.25) is 14.4 Å². The Morgan fingerprint density at radius 3 is 2.44 bits per heavy atom. The molecule has 13 heteroatoms. The van der Waals surface area contributed by atoms with E-state index < -0.39 is 78.4 Å². The highest BCUT2D eigenvalue weighted by atomic mass is 16.8. The first-order valence-corrected chi connectivity index (χ1v) is 13.3. The first-order chi connectivity index (χ1) is 19.7. The van der Waals surface area contributed by atoms with Crippen molar-refractivity contribution in [2.45, 2.75) is 55.9 Å². The summed E-state index contributed by atoms with van der Waals surface area (Å²) in [5.41, 5.74) is 1.58. The molecule has 0 radical (unpaired) electrons. The smallest absolute Gasteiger partial charge is 0.310 e. The van der Waals surface area contributed by atoms with Gasteiger partial charge in [-0.05, 0) is 47.9 Å². The van der Waals surface area contributed by atoms with Crippen molar-refractivity contribution in [2.24, 2.45) is 11.8 Å². The predicted octanol–water partition coefficient (Wildman–Crippen LogP) is 0.176. The van der Waals surface area contributed by atoms with Crippen LogP contribution >= 0.6 is 0 Å². The number of aliphatic hydroxyl groups is 2. The minimum absolute atomic E-state index is 0.00907. The summed E-state index contributed by atoms with van der Waals surface area (Å²) in [7, 11) is 1.29. The molecule has 3 fully saturated rings. The van der Waals surface area contributed by atoms with Crippen molar-refractivity contribution in [3.63, 3.8) is 0 Å². The molecular weight excluding hydrogens is 544 g/mol. The zero-order valence-electron chi connectivity index (χ0n) is 22.1. The number of benzene rings is 1. The number of Topliss-reactive ketones (excluding diaryl/α,β-unsaturated/α-hetero) is 1. The van der Waals surface area contributed by atoms with Gasteiger partial charge in [0, 0.05) is 11.8 Å². The topological polar surface area (TPSA) is 166 Å². The zero-order chi connectivity index (χ0) is 28.6. The Balaban J connectivity index is 1.30. The minimum atomic E-state index is -1.47. The fraction of sp³-hybridized carbons (Fsp3) is 0.536. The Kier molecular flexibility index (Phi) is 6.41. The van der Waals surface area contributed by atoms with Gasteiger partial charge in [-0.15, -0.1) is 0 Å². The monoisotopic (exact) mass is 572 g/mol. The molecule has 0 spiro atoms. The van der Waals surface area contributed by atoms with Crippen molar-refractivity contribution in [3.05, 3.63) is 46.7 Å². The Morgan fingerprint density at radius 2 is 1.68 bits per heavy atom. The van der Waals surface area contributed by atoms with Gasteiger partial charge in [0.1, 0.15) is 24.4 Å². The van der Waals surface area contributed by atoms with E-state index in [1.54, 1.807) is 19.1 Å². The largest absolute Gasteiger partial charge is 0.492 e. The highest BCUT2D eigenvalue weighted by molar-refractivity contribution is 6.47. The number of hydrogen-bond donors (Lipinski definition) is 2. The lowest BCUT2D eigenvalue weighted by Crippen LogP contribution is -2.63. The number of ether oxygens (including phenoxy) is 8. The third-order valence-corrected chi connectivity index (χ3v) is 8.51. The molecule has 7 rings (SSSR count). The maximum atomic E-state index is 13.3. The number of fused-ring (bicyclic) bond motifs is 4. The maximum absolute atomic E-state index is 13.3. The summed E-state index contributed by atoms with van der Waals surface area (Å²) in [5.74, 6) is -3.43. The van der Waals surface area contributed by atoms with Gasteiger partial charge in [0.05, 0.1) is 32.3 Å². The van der Waals surface area contributed by atoms with E-state index in [-0.39, 0.29) is 25.8 Å². The van der Waals surface area contributed by atoms with Crippen LogP contribution in [0.25, 0.3) is 0 Å². The Hall–Kier alpha value is -3.33. The van der Waals surface area contributed by atoms with Crippen LogP contribution in [0.5, 0.6) is 11.5 Å². The summed E-state index contributed by atoms with van der Waals surface area (Å²) in [5, 5.41) is 21.8. The van der Waals surface area contributed by atoms with E-state index in [1.165, 1.54) is 19.3 Å². The van der Waals surface area contributed by atoms with Crippen LogP contribution in [0.2, 0.25) is 0 Å². The molecule has 2 N–H and O–H groups in total. The van der Waals surface area contributed by atoms with Crippen molar-refractivity contribution in [2.75, 3.05) is 27.1 Å². The van der Waals surface area contributed by atoms with Crippen LogP contribution in [0.15, 0.2) is 35.6 Å². The fourth-order valence-electron chi connectivity index (χ4n) is 6.57. The van der Waals surface area contributed by atoms with Crippen molar-refractivity contribution >= 4 is 17.5 Å². The third kappa shape index (κ3) is 4.18. The number of allylic oxidation sites excluding steroid dienone is 4. The number of cyclic esters (lactones) is 1. The van der Waals surface area contributed by atoms with E-state index in [0.29, 0.717) is 28.2 Å². The number of carbonyl (C=O) groups is 3. The first-order valence-electron chi connectivity index (χ1n) is 13.3. The van der Waals surface area contributed by atoms with Gasteiger partial charge in [0.15, 0.2) is 29.8 Å². The molecule has 1 aromatic rings. The predicted molar refractivity (Wildman–Crippen MR) is 131 cm³/mol. The lowest BCUT2D eigenvalue weighted by Gasteiger charge is -2.47. The minimum Gasteiger partial charge on any atom is -0.492 e. The fourth-order valence-corrected chi connectivity index (χ4v) is 6.57. The molecule has 0 amide bonds. The summed E-state index contributed by atoms with van der Waals surface area (Å²) < 4.78 is 45.5. The van der Waals surface area contributed by atoms with E-state index in [2.05, 4.69) is 0 Å². The summed E-state index contributed by atoms with van der Waals surface area (Å²) in [6.45, 7) is 1.79. The molecule has 0 bridgehead atoms. The first kappa shape index (κ1) is 26.6. The van der Waals surface area contributed by atoms with Crippen LogP contribution in [0.4, 0.5) is 0 Å². The lowest BCUT2D eigenvalue weighted by molar-refractivity contribution is -0.364. The molecule has 2 aliphatic carbocycles. The second kappa shape index (κ2) is 9.89. The molecule has 7 unspecified atom stereocenters. The highest BCUT2D eigenvalue weighted by Crippen LogP contribution is 2.56. The van der Waals surface area contributed by atoms with Gasteiger partial charge in [-0.25, -0.2) is 0 Å². The van der Waals surface area contributed by atoms with Crippen molar-refractivity contribution in [3.8, 4) is 11.5 Å². The molecule has 41 heavy (non-hydrogen) atoms. The zero-order valence-corrected chi connectivity index (χ0v) is 22.1. The number of carbonyl (C=O) groups excluding carboxylic acids is 3.